The van der Waals surface area contributed by atoms with Crippen LogP contribution >= 0.6 is 0 Å². The second-order valence-electron chi connectivity index (χ2n) is 5.36. The summed E-state index contributed by atoms with van der Waals surface area (Å²) in [6, 6.07) is 6.70. The molecule has 0 N–H and O–H groups in total. The zero-order chi connectivity index (χ0) is 12.4. The zero-order valence-corrected chi connectivity index (χ0v) is 10.9. The van der Waals surface area contributed by atoms with E-state index in [0.29, 0.717) is 12.0 Å². The van der Waals surface area contributed by atoms with E-state index in [-0.39, 0.29) is 0 Å². The third kappa shape index (κ3) is 2.51. The fourth-order valence-electron chi connectivity index (χ4n) is 2.65. The molecular weight excluding hydrogens is 210 g/mol. The van der Waals surface area contributed by atoms with Crippen molar-refractivity contribution in [3.8, 4) is 0 Å². The third-order valence-electron chi connectivity index (χ3n) is 3.74. The highest BCUT2D eigenvalue weighted by molar-refractivity contribution is 5.85. The molecule has 0 radical (unpaired) electrons. The maximum absolute atomic E-state index is 11.2. The van der Waals surface area contributed by atoms with Crippen molar-refractivity contribution in [2.45, 2.75) is 39.7 Å². The molecule has 0 aromatic heterocycles. The van der Waals surface area contributed by atoms with Gasteiger partial charge in [0.25, 0.3) is 0 Å². The quantitative estimate of drug-likeness (QED) is 0.727. The number of hydrogen-bond acceptors (Lipinski definition) is 2. The molecule has 0 bridgehead atoms. The van der Waals surface area contributed by atoms with Crippen LogP contribution in [0.15, 0.2) is 18.2 Å². The molecule has 1 saturated heterocycles. The Bertz CT molecular complexity index is 413. The summed E-state index contributed by atoms with van der Waals surface area (Å²) < 4.78 is 0. The van der Waals surface area contributed by atoms with Crippen LogP contribution in [0, 0.1) is 12.8 Å². The first-order chi connectivity index (χ1) is 8.11. The van der Waals surface area contributed by atoms with Crippen LogP contribution in [0.4, 0.5) is 5.69 Å². The van der Waals surface area contributed by atoms with Crippen molar-refractivity contribution < 1.29 is 4.79 Å². The standard InChI is InChI=1S/C15H21NO/c1-11-5-7-15(14(8-11)10-17)16-9-12(2)4-6-13(16)3/h5,7-8,10,12-13H,4,6,9H2,1-3H3. The molecule has 2 rings (SSSR count). The molecule has 92 valence electrons. The van der Waals surface area contributed by atoms with E-state index in [4.69, 9.17) is 0 Å². The average molecular weight is 231 g/mol. The zero-order valence-electron chi connectivity index (χ0n) is 10.9. The molecule has 1 aromatic rings. The lowest BCUT2D eigenvalue weighted by atomic mass is 9.93. The van der Waals surface area contributed by atoms with Crippen molar-refractivity contribution in [2.75, 3.05) is 11.4 Å². The number of carbonyl (C=O) groups excluding carboxylic acids is 1. The third-order valence-corrected chi connectivity index (χ3v) is 3.74. The molecule has 0 aliphatic carbocycles. The van der Waals surface area contributed by atoms with Crippen LogP contribution in [-0.2, 0) is 0 Å². The number of nitrogens with zero attached hydrogens (tertiary/aromatic N) is 1. The van der Waals surface area contributed by atoms with E-state index in [0.717, 1.165) is 29.6 Å². The minimum Gasteiger partial charge on any atom is -0.368 e. The molecule has 0 saturated carbocycles. The highest BCUT2D eigenvalue weighted by atomic mass is 16.1. The molecule has 1 aromatic carbocycles. The Hall–Kier alpha value is -1.31. The van der Waals surface area contributed by atoms with E-state index in [1.165, 1.54) is 12.8 Å². The number of piperidine rings is 1. The van der Waals surface area contributed by atoms with Gasteiger partial charge in [0.15, 0.2) is 6.29 Å². The van der Waals surface area contributed by atoms with E-state index in [1.807, 2.05) is 13.0 Å². The summed E-state index contributed by atoms with van der Waals surface area (Å²) in [7, 11) is 0. The highest BCUT2D eigenvalue weighted by Gasteiger charge is 2.24. The van der Waals surface area contributed by atoms with Crippen LogP contribution in [0.5, 0.6) is 0 Å². The number of anilines is 1. The van der Waals surface area contributed by atoms with Crippen molar-refractivity contribution in [3.05, 3.63) is 29.3 Å². The number of benzene rings is 1. The van der Waals surface area contributed by atoms with Gasteiger partial charge in [-0.2, -0.15) is 0 Å². The average Bonchev–Trinajstić information content (AvgIpc) is 2.32. The van der Waals surface area contributed by atoms with Gasteiger partial charge in [-0.15, -0.1) is 0 Å². The predicted molar refractivity (Wildman–Crippen MR) is 71.8 cm³/mol. The van der Waals surface area contributed by atoms with Gasteiger partial charge >= 0.3 is 0 Å². The van der Waals surface area contributed by atoms with E-state index in [1.54, 1.807) is 0 Å². The fraction of sp³-hybridized carbons (Fsp3) is 0.533. The maximum atomic E-state index is 11.2. The summed E-state index contributed by atoms with van der Waals surface area (Å²) in [5.41, 5.74) is 3.07. The lowest BCUT2D eigenvalue weighted by molar-refractivity contribution is 0.112. The fourth-order valence-corrected chi connectivity index (χ4v) is 2.65. The number of aldehydes is 1. The Kier molecular flexibility index (Phi) is 3.51. The van der Waals surface area contributed by atoms with Crippen molar-refractivity contribution >= 4 is 12.0 Å². The molecule has 1 aliphatic heterocycles. The first-order valence-corrected chi connectivity index (χ1v) is 6.44. The Balaban J connectivity index is 2.34. The van der Waals surface area contributed by atoms with Gasteiger partial charge in [0.1, 0.15) is 0 Å². The van der Waals surface area contributed by atoms with Gasteiger partial charge in [-0.1, -0.05) is 18.6 Å². The minimum atomic E-state index is 0.535. The number of hydrogen-bond donors (Lipinski definition) is 0. The summed E-state index contributed by atoms with van der Waals surface area (Å²) in [5.74, 6) is 0.715. The number of rotatable bonds is 2. The normalized spacial score (nSPS) is 24.8. The van der Waals surface area contributed by atoms with E-state index in [2.05, 4.69) is 30.9 Å². The molecule has 2 atom stereocenters. The first kappa shape index (κ1) is 12.2. The van der Waals surface area contributed by atoms with Crippen molar-refractivity contribution in [1.82, 2.24) is 0 Å². The second kappa shape index (κ2) is 4.91. The van der Waals surface area contributed by atoms with Crippen LogP contribution in [0.1, 0.15) is 42.6 Å². The Morgan fingerprint density at radius 3 is 2.76 bits per heavy atom. The second-order valence-corrected chi connectivity index (χ2v) is 5.36. The number of carbonyl (C=O) groups is 1. The summed E-state index contributed by atoms with van der Waals surface area (Å²) in [5, 5.41) is 0. The molecule has 1 aliphatic rings. The smallest absolute Gasteiger partial charge is 0.152 e. The van der Waals surface area contributed by atoms with Crippen LogP contribution in [0.25, 0.3) is 0 Å². The molecule has 0 amide bonds. The topological polar surface area (TPSA) is 20.3 Å². The number of aryl methyl sites for hydroxylation is 1. The van der Waals surface area contributed by atoms with Gasteiger partial charge in [0, 0.05) is 23.8 Å². The summed E-state index contributed by atoms with van der Waals surface area (Å²) in [6.45, 7) is 7.62. The maximum Gasteiger partial charge on any atom is 0.152 e. The highest BCUT2D eigenvalue weighted by Crippen LogP contribution is 2.29. The van der Waals surface area contributed by atoms with Gasteiger partial charge in [0.2, 0.25) is 0 Å². The summed E-state index contributed by atoms with van der Waals surface area (Å²) >= 11 is 0. The SMILES string of the molecule is Cc1ccc(N2CC(C)CCC2C)c(C=O)c1. The summed E-state index contributed by atoms with van der Waals surface area (Å²) in [6.07, 6.45) is 3.49. The van der Waals surface area contributed by atoms with Crippen LogP contribution < -0.4 is 4.90 Å². The van der Waals surface area contributed by atoms with Gasteiger partial charge < -0.3 is 4.90 Å². The van der Waals surface area contributed by atoms with E-state index in [9.17, 15) is 4.79 Å². The molecule has 1 fully saturated rings. The predicted octanol–water partition coefficient (Wildman–Crippen LogP) is 3.43. The van der Waals surface area contributed by atoms with Crippen LogP contribution in [0.3, 0.4) is 0 Å². The molecule has 1 heterocycles. The largest absolute Gasteiger partial charge is 0.368 e. The van der Waals surface area contributed by atoms with E-state index < -0.39 is 0 Å². The molecular formula is C15H21NO. The Morgan fingerprint density at radius 1 is 1.29 bits per heavy atom. The molecule has 2 unspecified atom stereocenters. The van der Waals surface area contributed by atoms with Gasteiger partial charge in [-0.05, 0) is 44.7 Å². The van der Waals surface area contributed by atoms with Crippen molar-refractivity contribution in [1.29, 1.82) is 0 Å². The van der Waals surface area contributed by atoms with Crippen molar-refractivity contribution in [2.24, 2.45) is 5.92 Å². The van der Waals surface area contributed by atoms with Gasteiger partial charge in [0.05, 0.1) is 0 Å². The minimum absolute atomic E-state index is 0.535. The van der Waals surface area contributed by atoms with Crippen LogP contribution in [-0.4, -0.2) is 18.9 Å². The van der Waals surface area contributed by atoms with Crippen LogP contribution in [0.2, 0.25) is 0 Å². The Morgan fingerprint density at radius 2 is 2.06 bits per heavy atom. The molecule has 17 heavy (non-hydrogen) atoms. The lowest BCUT2D eigenvalue weighted by Crippen LogP contribution is -2.41. The molecule has 2 heteroatoms. The Labute approximate surface area is 104 Å². The lowest BCUT2D eigenvalue weighted by Gasteiger charge is -2.39. The van der Waals surface area contributed by atoms with E-state index >= 15 is 0 Å². The van der Waals surface area contributed by atoms with Gasteiger partial charge in [-0.25, -0.2) is 0 Å². The van der Waals surface area contributed by atoms with Gasteiger partial charge in [-0.3, -0.25) is 4.79 Å². The first-order valence-electron chi connectivity index (χ1n) is 6.44. The van der Waals surface area contributed by atoms with Crippen molar-refractivity contribution in [3.63, 3.8) is 0 Å². The molecule has 2 nitrogen and oxygen atoms in total. The monoisotopic (exact) mass is 231 g/mol. The summed E-state index contributed by atoms with van der Waals surface area (Å²) in [4.78, 5) is 13.6. The molecule has 0 spiro atoms.